The third-order valence-corrected chi connectivity index (χ3v) is 6.39. The predicted octanol–water partition coefficient (Wildman–Crippen LogP) is 1.85. The second-order valence-electron chi connectivity index (χ2n) is 8.16. The second-order valence-corrected chi connectivity index (χ2v) is 8.16. The van der Waals surface area contributed by atoms with Crippen molar-refractivity contribution in [3.05, 3.63) is 35.4 Å². The standard InChI is InChI=1S/C22H30N4O2/c23-16-18-3-1-4-19(15-18)17-24-9-11-25(12-10-24)21-5-2-8-26(22(21)27)20-6-13-28-14-7-20/h1,3-4,15,20-21H,2,5-14,17H2/t21-/m0/s1. The molecule has 0 unspecified atom stereocenters. The van der Waals surface area contributed by atoms with Gasteiger partial charge in [-0.2, -0.15) is 5.26 Å². The van der Waals surface area contributed by atoms with Crippen LogP contribution in [0.25, 0.3) is 0 Å². The summed E-state index contributed by atoms with van der Waals surface area (Å²) in [6.45, 7) is 7.17. The zero-order valence-corrected chi connectivity index (χ0v) is 16.6. The van der Waals surface area contributed by atoms with Gasteiger partial charge in [-0.3, -0.25) is 14.6 Å². The molecule has 1 amide bonds. The van der Waals surface area contributed by atoms with Gasteiger partial charge in [0.1, 0.15) is 0 Å². The first-order valence-electron chi connectivity index (χ1n) is 10.6. The van der Waals surface area contributed by atoms with Crippen molar-refractivity contribution in [1.29, 1.82) is 5.26 Å². The highest BCUT2D eigenvalue weighted by atomic mass is 16.5. The van der Waals surface area contributed by atoms with Crippen molar-refractivity contribution in [3.8, 4) is 6.07 Å². The van der Waals surface area contributed by atoms with E-state index in [9.17, 15) is 4.79 Å². The number of amides is 1. The molecule has 0 aliphatic carbocycles. The highest BCUT2D eigenvalue weighted by molar-refractivity contribution is 5.83. The molecule has 0 N–H and O–H groups in total. The number of rotatable bonds is 4. The normalized spacial score (nSPS) is 25.6. The Hall–Kier alpha value is -1.94. The van der Waals surface area contributed by atoms with Gasteiger partial charge >= 0.3 is 0 Å². The molecule has 1 aromatic carbocycles. The molecule has 6 heteroatoms. The van der Waals surface area contributed by atoms with Gasteiger partial charge in [0.2, 0.25) is 5.91 Å². The molecule has 3 heterocycles. The molecule has 3 aliphatic rings. The van der Waals surface area contributed by atoms with E-state index in [1.54, 1.807) is 0 Å². The summed E-state index contributed by atoms with van der Waals surface area (Å²) in [4.78, 5) is 20.1. The van der Waals surface area contributed by atoms with Gasteiger partial charge in [-0.1, -0.05) is 12.1 Å². The van der Waals surface area contributed by atoms with Gasteiger partial charge in [-0.15, -0.1) is 0 Å². The average Bonchev–Trinajstić information content (AvgIpc) is 2.75. The van der Waals surface area contributed by atoms with Crippen LogP contribution in [-0.4, -0.2) is 78.6 Å². The number of hydrogen-bond acceptors (Lipinski definition) is 5. The molecule has 1 atom stereocenters. The van der Waals surface area contributed by atoms with Crippen LogP contribution in [0.15, 0.2) is 24.3 Å². The van der Waals surface area contributed by atoms with E-state index in [1.165, 1.54) is 5.56 Å². The number of ether oxygens (including phenoxy) is 1. The van der Waals surface area contributed by atoms with Crippen molar-refractivity contribution in [1.82, 2.24) is 14.7 Å². The molecule has 0 bridgehead atoms. The van der Waals surface area contributed by atoms with Crippen LogP contribution in [0.3, 0.4) is 0 Å². The summed E-state index contributed by atoms with van der Waals surface area (Å²) in [6.07, 6.45) is 4.06. The van der Waals surface area contributed by atoms with E-state index in [0.717, 1.165) is 83.7 Å². The zero-order valence-electron chi connectivity index (χ0n) is 16.6. The summed E-state index contributed by atoms with van der Waals surface area (Å²) in [5.74, 6) is 0.341. The molecule has 4 rings (SSSR count). The van der Waals surface area contributed by atoms with Gasteiger partial charge in [0.25, 0.3) is 0 Å². The van der Waals surface area contributed by atoms with Crippen LogP contribution in [-0.2, 0) is 16.1 Å². The molecule has 1 aromatic rings. The molecule has 3 aliphatic heterocycles. The van der Waals surface area contributed by atoms with Gasteiger partial charge in [0, 0.05) is 58.5 Å². The Morgan fingerprint density at radius 3 is 2.61 bits per heavy atom. The first kappa shape index (κ1) is 19.4. The number of nitriles is 1. The second kappa shape index (κ2) is 9.04. The third-order valence-electron chi connectivity index (χ3n) is 6.39. The van der Waals surface area contributed by atoms with E-state index in [-0.39, 0.29) is 6.04 Å². The lowest BCUT2D eigenvalue weighted by Crippen LogP contribution is -2.59. The molecule has 3 saturated heterocycles. The van der Waals surface area contributed by atoms with Crippen molar-refractivity contribution in [3.63, 3.8) is 0 Å². The van der Waals surface area contributed by atoms with Gasteiger partial charge in [-0.05, 0) is 43.4 Å². The number of carbonyl (C=O) groups excluding carboxylic acids is 1. The summed E-state index contributed by atoms with van der Waals surface area (Å²) in [7, 11) is 0. The Balaban J connectivity index is 1.31. The van der Waals surface area contributed by atoms with Crippen LogP contribution in [0, 0.1) is 11.3 Å². The van der Waals surface area contributed by atoms with E-state index in [2.05, 4.69) is 26.8 Å². The Kier molecular flexibility index (Phi) is 6.26. The first-order chi connectivity index (χ1) is 13.7. The van der Waals surface area contributed by atoms with Crippen molar-refractivity contribution in [2.45, 2.75) is 44.3 Å². The van der Waals surface area contributed by atoms with Crippen molar-refractivity contribution >= 4 is 5.91 Å². The zero-order chi connectivity index (χ0) is 19.3. The fourth-order valence-corrected chi connectivity index (χ4v) is 4.81. The van der Waals surface area contributed by atoms with Crippen molar-refractivity contribution in [2.75, 3.05) is 45.9 Å². The Morgan fingerprint density at radius 1 is 1.07 bits per heavy atom. The van der Waals surface area contributed by atoms with E-state index >= 15 is 0 Å². The quantitative estimate of drug-likeness (QED) is 0.795. The van der Waals surface area contributed by atoms with E-state index < -0.39 is 0 Å². The van der Waals surface area contributed by atoms with E-state index in [1.807, 2.05) is 18.2 Å². The number of carbonyl (C=O) groups is 1. The minimum atomic E-state index is 0.0562. The summed E-state index contributed by atoms with van der Waals surface area (Å²) in [5, 5.41) is 9.07. The maximum Gasteiger partial charge on any atom is 0.240 e. The molecule has 6 nitrogen and oxygen atoms in total. The van der Waals surface area contributed by atoms with Crippen LogP contribution in [0.4, 0.5) is 0 Å². The maximum absolute atomic E-state index is 13.2. The number of hydrogen-bond donors (Lipinski definition) is 0. The molecule has 0 saturated carbocycles. The highest BCUT2D eigenvalue weighted by Gasteiger charge is 2.37. The monoisotopic (exact) mass is 382 g/mol. The van der Waals surface area contributed by atoms with Gasteiger partial charge in [0.15, 0.2) is 0 Å². The summed E-state index contributed by atoms with van der Waals surface area (Å²) >= 11 is 0. The Bertz CT molecular complexity index is 717. The van der Waals surface area contributed by atoms with Crippen LogP contribution in [0.2, 0.25) is 0 Å². The van der Waals surface area contributed by atoms with Gasteiger partial charge in [-0.25, -0.2) is 0 Å². The lowest BCUT2D eigenvalue weighted by atomic mass is 9.97. The number of likely N-dealkylation sites (tertiary alicyclic amines) is 1. The fraction of sp³-hybridized carbons (Fsp3) is 0.636. The minimum absolute atomic E-state index is 0.0562. The van der Waals surface area contributed by atoms with Gasteiger partial charge in [0.05, 0.1) is 17.7 Å². The minimum Gasteiger partial charge on any atom is -0.381 e. The number of benzene rings is 1. The SMILES string of the molecule is N#Cc1cccc(CN2CCN([C@H]3CCCN(C4CCOCC4)C3=O)CC2)c1. The van der Waals surface area contributed by atoms with Crippen LogP contribution >= 0.6 is 0 Å². The maximum atomic E-state index is 13.2. The van der Waals surface area contributed by atoms with Crippen molar-refractivity contribution < 1.29 is 9.53 Å². The molecule has 0 aromatic heterocycles. The smallest absolute Gasteiger partial charge is 0.240 e. The topological polar surface area (TPSA) is 59.8 Å². The first-order valence-corrected chi connectivity index (χ1v) is 10.6. The molecule has 0 radical (unpaired) electrons. The average molecular weight is 383 g/mol. The Labute approximate surface area is 167 Å². The van der Waals surface area contributed by atoms with E-state index in [4.69, 9.17) is 10.00 Å². The molecule has 3 fully saturated rings. The lowest BCUT2D eigenvalue weighted by Gasteiger charge is -2.45. The van der Waals surface area contributed by atoms with Gasteiger partial charge < -0.3 is 9.64 Å². The van der Waals surface area contributed by atoms with Crippen molar-refractivity contribution in [2.24, 2.45) is 0 Å². The summed E-state index contributed by atoms with van der Waals surface area (Å²) < 4.78 is 5.47. The Morgan fingerprint density at radius 2 is 1.86 bits per heavy atom. The largest absolute Gasteiger partial charge is 0.381 e. The molecule has 28 heavy (non-hydrogen) atoms. The molecule has 150 valence electrons. The van der Waals surface area contributed by atoms with Crippen LogP contribution in [0.5, 0.6) is 0 Å². The molecular weight excluding hydrogens is 352 g/mol. The fourth-order valence-electron chi connectivity index (χ4n) is 4.81. The number of piperazine rings is 1. The molecular formula is C22H30N4O2. The summed E-state index contributed by atoms with van der Waals surface area (Å²) in [5.41, 5.74) is 1.91. The highest BCUT2D eigenvalue weighted by Crippen LogP contribution is 2.24. The summed E-state index contributed by atoms with van der Waals surface area (Å²) in [6, 6.07) is 10.5. The molecule has 0 spiro atoms. The van der Waals surface area contributed by atoms with E-state index in [0.29, 0.717) is 11.9 Å². The number of nitrogens with zero attached hydrogens (tertiary/aromatic N) is 4. The predicted molar refractivity (Wildman–Crippen MR) is 107 cm³/mol. The lowest BCUT2D eigenvalue weighted by molar-refractivity contribution is -0.145. The van der Waals surface area contributed by atoms with Crippen LogP contribution in [0.1, 0.15) is 36.8 Å². The van der Waals surface area contributed by atoms with Crippen LogP contribution < -0.4 is 0 Å². The number of piperidine rings is 1. The third kappa shape index (κ3) is 4.38.